The highest BCUT2D eigenvalue weighted by atomic mass is 19.1. The molecule has 1 aliphatic rings. The Kier molecular flexibility index (Phi) is 3.58. The van der Waals surface area contributed by atoms with Crippen molar-refractivity contribution in [3.8, 4) is 0 Å². The molecular formula is C12H15FN2O2. The highest BCUT2D eigenvalue weighted by Gasteiger charge is 2.23. The summed E-state index contributed by atoms with van der Waals surface area (Å²) in [7, 11) is 0. The SMILES string of the molecule is O=C(NCC(O)c1ccccc1F)NC1CC1. The molecule has 92 valence electrons. The van der Waals surface area contributed by atoms with Gasteiger partial charge in [-0.1, -0.05) is 18.2 Å². The van der Waals surface area contributed by atoms with Gasteiger partial charge in [-0.2, -0.15) is 0 Å². The summed E-state index contributed by atoms with van der Waals surface area (Å²) < 4.78 is 13.3. The first-order valence-electron chi connectivity index (χ1n) is 5.63. The van der Waals surface area contributed by atoms with E-state index in [2.05, 4.69) is 10.6 Å². The Balaban J connectivity index is 1.82. The molecular weight excluding hydrogens is 223 g/mol. The van der Waals surface area contributed by atoms with Gasteiger partial charge in [-0.05, 0) is 18.9 Å². The van der Waals surface area contributed by atoms with Gasteiger partial charge in [-0.15, -0.1) is 0 Å². The van der Waals surface area contributed by atoms with Gasteiger partial charge in [-0.25, -0.2) is 9.18 Å². The number of aliphatic hydroxyl groups is 1. The summed E-state index contributed by atoms with van der Waals surface area (Å²) in [6.07, 6.45) is 0.980. The fourth-order valence-electron chi connectivity index (χ4n) is 1.51. The summed E-state index contributed by atoms with van der Waals surface area (Å²) in [4.78, 5) is 11.3. The van der Waals surface area contributed by atoms with Crippen molar-refractivity contribution in [3.63, 3.8) is 0 Å². The Morgan fingerprint density at radius 2 is 2.18 bits per heavy atom. The summed E-state index contributed by atoms with van der Waals surface area (Å²) in [5, 5.41) is 15.0. The maximum atomic E-state index is 13.3. The van der Waals surface area contributed by atoms with Crippen molar-refractivity contribution < 1.29 is 14.3 Å². The van der Waals surface area contributed by atoms with Crippen LogP contribution in [0.5, 0.6) is 0 Å². The van der Waals surface area contributed by atoms with Gasteiger partial charge in [-0.3, -0.25) is 0 Å². The van der Waals surface area contributed by atoms with Crippen LogP contribution in [0.4, 0.5) is 9.18 Å². The van der Waals surface area contributed by atoms with E-state index in [-0.39, 0.29) is 24.2 Å². The van der Waals surface area contributed by atoms with Crippen molar-refractivity contribution in [2.45, 2.75) is 25.0 Å². The second-order valence-electron chi connectivity index (χ2n) is 4.17. The van der Waals surface area contributed by atoms with E-state index in [0.29, 0.717) is 0 Å². The molecule has 1 fully saturated rings. The smallest absolute Gasteiger partial charge is 0.315 e. The summed E-state index contributed by atoms with van der Waals surface area (Å²) in [5.74, 6) is -0.468. The monoisotopic (exact) mass is 238 g/mol. The Bertz CT molecular complexity index is 407. The van der Waals surface area contributed by atoms with Crippen LogP contribution in [-0.2, 0) is 0 Å². The predicted octanol–water partition coefficient (Wildman–Crippen LogP) is 1.32. The van der Waals surface area contributed by atoms with Crippen molar-refractivity contribution >= 4 is 6.03 Å². The van der Waals surface area contributed by atoms with E-state index < -0.39 is 11.9 Å². The molecule has 2 rings (SSSR count). The lowest BCUT2D eigenvalue weighted by molar-refractivity contribution is 0.169. The minimum atomic E-state index is -1.03. The first kappa shape index (κ1) is 11.9. The third kappa shape index (κ3) is 3.42. The van der Waals surface area contributed by atoms with E-state index in [4.69, 9.17) is 0 Å². The molecule has 1 aromatic carbocycles. The molecule has 2 amide bonds. The summed E-state index contributed by atoms with van der Waals surface area (Å²) in [5.41, 5.74) is 0.194. The standard InChI is InChI=1S/C12H15FN2O2/c13-10-4-2-1-3-9(10)11(16)7-14-12(17)15-8-5-6-8/h1-4,8,11,16H,5-7H2,(H2,14,15,17). The average molecular weight is 238 g/mol. The Morgan fingerprint density at radius 3 is 2.82 bits per heavy atom. The van der Waals surface area contributed by atoms with Crippen molar-refractivity contribution in [1.82, 2.24) is 10.6 Å². The van der Waals surface area contributed by atoms with E-state index in [1.54, 1.807) is 12.1 Å². The lowest BCUT2D eigenvalue weighted by atomic mass is 10.1. The summed E-state index contributed by atoms with van der Waals surface area (Å²) in [6, 6.07) is 5.93. The van der Waals surface area contributed by atoms with Gasteiger partial charge in [0.15, 0.2) is 0 Å². The lowest BCUT2D eigenvalue weighted by Gasteiger charge is -2.13. The van der Waals surface area contributed by atoms with Crippen LogP contribution in [0.15, 0.2) is 24.3 Å². The second kappa shape index (κ2) is 5.14. The molecule has 1 aromatic rings. The number of rotatable bonds is 4. The van der Waals surface area contributed by atoms with Gasteiger partial charge in [0.05, 0.1) is 6.10 Å². The summed E-state index contributed by atoms with van der Waals surface area (Å²) >= 11 is 0. The predicted molar refractivity (Wildman–Crippen MR) is 60.9 cm³/mol. The fourth-order valence-corrected chi connectivity index (χ4v) is 1.51. The highest BCUT2D eigenvalue weighted by molar-refractivity contribution is 5.74. The van der Waals surface area contributed by atoms with E-state index in [1.165, 1.54) is 12.1 Å². The highest BCUT2D eigenvalue weighted by Crippen LogP contribution is 2.18. The van der Waals surface area contributed by atoms with Crippen LogP contribution in [-0.4, -0.2) is 23.7 Å². The Morgan fingerprint density at radius 1 is 1.47 bits per heavy atom. The molecule has 4 nitrogen and oxygen atoms in total. The summed E-state index contributed by atoms with van der Waals surface area (Å²) in [6.45, 7) is -0.000509. The minimum Gasteiger partial charge on any atom is -0.386 e. The van der Waals surface area contributed by atoms with Crippen LogP contribution in [0, 0.1) is 5.82 Å². The first-order chi connectivity index (χ1) is 8.16. The van der Waals surface area contributed by atoms with Crippen LogP contribution >= 0.6 is 0 Å². The van der Waals surface area contributed by atoms with Gasteiger partial charge in [0, 0.05) is 18.2 Å². The van der Waals surface area contributed by atoms with Crippen LogP contribution < -0.4 is 10.6 Å². The molecule has 0 heterocycles. The third-order valence-electron chi connectivity index (χ3n) is 2.63. The van der Waals surface area contributed by atoms with Crippen molar-refractivity contribution in [3.05, 3.63) is 35.6 Å². The van der Waals surface area contributed by atoms with Gasteiger partial charge in [0.25, 0.3) is 0 Å². The molecule has 0 aromatic heterocycles. The minimum absolute atomic E-state index is 0.000509. The molecule has 1 atom stereocenters. The molecule has 0 radical (unpaired) electrons. The largest absolute Gasteiger partial charge is 0.386 e. The van der Waals surface area contributed by atoms with E-state index in [1.807, 2.05) is 0 Å². The molecule has 1 aliphatic carbocycles. The fraction of sp³-hybridized carbons (Fsp3) is 0.417. The quantitative estimate of drug-likeness (QED) is 0.741. The number of hydrogen-bond acceptors (Lipinski definition) is 2. The van der Waals surface area contributed by atoms with Gasteiger partial charge in [0.1, 0.15) is 5.82 Å². The Labute approximate surface area is 98.8 Å². The van der Waals surface area contributed by atoms with Crippen molar-refractivity contribution in [2.75, 3.05) is 6.54 Å². The number of amides is 2. The maximum Gasteiger partial charge on any atom is 0.315 e. The molecule has 5 heteroatoms. The van der Waals surface area contributed by atoms with Gasteiger partial charge < -0.3 is 15.7 Å². The van der Waals surface area contributed by atoms with Gasteiger partial charge in [0.2, 0.25) is 0 Å². The molecule has 0 spiro atoms. The van der Waals surface area contributed by atoms with E-state index in [9.17, 15) is 14.3 Å². The molecule has 3 N–H and O–H groups in total. The zero-order valence-corrected chi connectivity index (χ0v) is 9.32. The number of urea groups is 1. The zero-order chi connectivity index (χ0) is 12.3. The number of benzene rings is 1. The number of carbonyl (C=O) groups excluding carboxylic acids is 1. The second-order valence-corrected chi connectivity index (χ2v) is 4.17. The number of carbonyl (C=O) groups is 1. The van der Waals surface area contributed by atoms with E-state index in [0.717, 1.165) is 12.8 Å². The number of nitrogens with one attached hydrogen (secondary N) is 2. The topological polar surface area (TPSA) is 61.4 Å². The molecule has 1 saturated carbocycles. The van der Waals surface area contributed by atoms with Crippen LogP contribution in [0.2, 0.25) is 0 Å². The number of halogens is 1. The molecule has 0 bridgehead atoms. The van der Waals surface area contributed by atoms with Gasteiger partial charge >= 0.3 is 6.03 Å². The lowest BCUT2D eigenvalue weighted by Crippen LogP contribution is -2.38. The number of aliphatic hydroxyl groups excluding tert-OH is 1. The first-order valence-corrected chi connectivity index (χ1v) is 5.63. The third-order valence-corrected chi connectivity index (χ3v) is 2.63. The molecule has 0 saturated heterocycles. The van der Waals surface area contributed by atoms with Crippen LogP contribution in [0.3, 0.4) is 0 Å². The van der Waals surface area contributed by atoms with Crippen molar-refractivity contribution in [1.29, 1.82) is 0 Å². The maximum absolute atomic E-state index is 13.3. The van der Waals surface area contributed by atoms with Crippen LogP contribution in [0.1, 0.15) is 24.5 Å². The normalized spacial score (nSPS) is 16.4. The average Bonchev–Trinajstić information content (AvgIpc) is 3.10. The zero-order valence-electron chi connectivity index (χ0n) is 9.32. The molecule has 0 aliphatic heterocycles. The molecule has 17 heavy (non-hydrogen) atoms. The number of hydrogen-bond donors (Lipinski definition) is 3. The molecule has 1 unspecified atom stereocenters. The Hall–Kier alpha value is -1.62. The van der Waals surface area contributed by atoms with E-state index >= 15 is 0 Å². The van der Waals surface area contributed by atoms with Crippen molar-refractivity contribution in [2.24, 2.45) is 0 Å². The van der Waals surface area contributed by atoms with Crippen LogP contribution in [0.25, 0.3) is 0 Å².